The molecule has 3 N–H and O–H groups in total. The molecule has 0 saturated heterocycles. The van der Waals surface area contributed by atoms with E-state index in [4.69, 9.17) is 10.5 Å². The fraction of sp³-hybridized carbons (Fsp3) is 0.409. The van der Waals surface area contributed by atoms with Gasteiger partial charge in [0.1, 0.15) is 11.6 Å². The van der Waals surface area contributed by atoms with Gasteiger partial charge in [-0.15, -0.1) is 0 Å². The van der Waals surface area contributed by atoms with Crippen LogP contribution in [-0.4, -0.2) is 69.9 Å². The number of esters is 1. The molecule has 14 heteroatoms. The smallest absolute Gasteiger partial charge is 0.339 e. The van der Waals surface area contributed by atoms with Crippen LogP contribution in [-0.2, 0) is 26.1 Å². The van der Waals surface area contributed by atoms with Gasteiger partial charge in [0.2, 0.25) is 16.0 Å². The molecule has 36 heavy (non-hydrogen) atoms. The first-order valence-electron chi connectivity index (χ1n) is 11.3. The highest BCUT2D eigenvalue weighted by Gasteiger charge is 2.30. The van der Waals surface area contributed by atoms with Crippen LogP contribution < -0.4 is 16.1 Å². The average molecular weight is 520 g/mol. The number of hydrogen-bond acceptors (Lipinski definition) is 9. The molecule has 1 aromatic carbocycles. The van der Waals surface area contributed by atoms with Gasteiger partial charge in [0.15, 0.2) is 11.5 Å². The van der Waals surface area contributed by atoms with E-state index in [1.54, 1.807) is 38.1 Å². The minimum Gasteiger partial charge on any atom is -0.464 e. The largest absolute Gasteiger partial charge is 0.464 e. The number of sulfonamides is 1. The zero-order chi connectivity index (χ0) is 26.6. The monoisotopic (exact) mass is 519 g/mol. The minimum absolute atomic E-state index is 0.0190. The van der Waals surface area contributed by atoms with E-state index >= 15 is 0 Å². The number of amides is 1. The number of nitrogens with zero attached hydrogens (tertiary/aromatic N) is 5. The maximum atomic E-state index is 13.5. The van der Waals surface area contributed by atoms with Crippen molar-refractivity contribution in [2.45, 2.75) is 39.8 Å². The van der Waals surface area contributed by atoms with E-state index in [1.165, 1.54) is 18.5 Å². The topological polar surface area (TPSA) is 172 Å². The summed E-state index contributed by atoms with van der Waals surface area (Å²) in [7, 11) is -2.40. The zero-order valence-corrected chi connectivity index (χ0v) is 21.3. The molecule has 0 unspecified atom stereocenters. The lowest BCUT2D eigenvalue weighted by Gasteiger charge is -2.23. The van der Waals surface area contributed by atoms with Crippen molar-refractivity contribution < 1.29 is 22.7 Å². The molecule has 0 spiro atoms. The number of aromatic nitrogens is 4. The van der Waals surface area contributed by atoms with Gasteiger partial charge < -0.3 is 15.4 Å². The number of hydrogen-bond donors (Lipinski definition) is 2. The second kappa shape index (κ2) is 10.8. The molecule has 3 aromatic rings. The summed E-state index contributed by atoms with van der Waals surface area (Å²) in [5.41, 5.74) is 5.92. The maximum absolute atomic E-state index is 13.5. The Hall–Kier alpha value is -3.94. The van der Waals surface area contributed by atoms with E-state index in [1.807, 2.05) is 6.07 Å². The van der Waals surface area contributed by atoms with E-state index < -0.39 is 33.8 Å². The van der Waals surface area contributed by atoms with E-state index in [-0.39, 0.29) is 41.8 Å². The van der Waals surface area contributed by atoms with Crippen LogP contribution in [0, 0.1) is 0 Å². The van der Waals surface area contributed by atoms with Gasteiger partial charge in [-0.25, -0.2) is 27.4 Å². The highest BCUT2D eigenvalue weighted by atomic mass is 32.2. The van der Waals surface area contributed by atoms with Gasteiger partial charge in [-0.1, -0.05) is 37.3 Å². The molecule has 0 fully saturated rings. The maximum Gasteiger partial charge on any atom is 0.339 e. The van der Waals surface area contributed by atoms with Gasteiger partial charge in [0, 0.05) is 7.05 Å². The number of anilines is 2. The summed E-state index contributed by atoms with van der Waals surface area (Å²) in [5, 5.41) is 0. The molecule has 194 valence electrons. The number of rotatable bonds is 9. The van der Waals surface area contributed by atoms with Crippen LogP contribution >= 0.6 is 0 Å². The number of nitrogens with two attached hydrogens (primary N) is 1. The van der Waals surface area contributed by atoms with Crippen molar-refractivity contribution in [2.24, 2.45) is 0 Å². The molecule has 1 amide bonds. The van der Waals surface area contributed by atoms with Crippen molar-refractivity contribution >= 4 is 45.0 Å². The molecule has 0 bridgehead atoms. The summed E-state index contributed by atoms with van der Waals surface area (Å²) >= 11 is 0. The Bertz CT molecular complexity index is 1430. The van der Waals surface area contributed by atoms with Crippen LogP contribution in [0.2, 0.25) is 0 Å². The Morgan fingerprint density at radius 2 is 1.86 bits per heavy atom. The molecule has 0 saturated carbocycles. The van der Waals surface area contributed by atoms with Crippen molar-refractivity contribution in [1.82, 2.24) is 24.0 Å². The summed E-state index contributed by atoms with van der Waals surface area (Å²) < 4.78 is 33.8. The highest BCUT2D eigenvalue weighted by molar-refractivity contribution is 7.92. The fourth-order valence-corrected chi connectivity index (χ4v) is 4.51. The second-order valence-corrected chi connectivity index (χ2v) is 9.88. The lowest BCUT2D eigenvalue weighted by molar-refractivity contribution is -0.147. The number of fused-ring (bicyclic) bond motifs is 1. The quantitative estimate of drug-likeness (QED) is 0.394. The molecule has 0 aliphatic heterocycles. The number of likely N-dealkylation sites (N-methyl/N-ethyl adjacent to an activating group) is 1. The summed E-state index contributed by atoms with van der Waals surface area (Å²) in [5.74, 6) is -1.43. The summed E-state index contributed by atoms with van der Waals surface area (Å²) in [6.07, 6.45) is 0.363. The zero-order valence-electron chi connectivity index (χ0n) is 20.5. The molecular formula is C22H29N7O6S. The summed E-state index contributed by atoms with van der Waals surface area (Å²) in [6.45, 7) is 4.95. The first kappa shape index (κ1) is 26.7. The van der Waals surface area contributed by atoms with Crippen LogP contribution in [0.25, 0.3) is 11.2 Å². The third-order valence-electron chi connectivity index (χ3n) is 5.40. The average Bonchev–Trinajstić information content (AvgIpc) is 3.09. The SMILES string of the molecule is CCCS(=O)(=O)Nc1nc(N)c2c(n1)n(Cc1ccccc1)c(=O)n2C(=O)N(C)[C@@H](C)C(=O)OCC. The third-order valence-corrected chi connectivity index (χ3v) is 6.84. The molecule has 0 aliphatic rings. The second-order valence-electron chi connectivity index (χ2n) is 8.04. The van der Waals surface area contributed by atoms with Crippen molar-refractivity contribution in [1.29, 1.82) is 0 Å². The fourth-order valence-electron chi connectivity index (χ4n) is 3.50. The first-order chi connectivity index (χ1) is 17.0. The number of ether oxygens (including phenoxy) is 1. The molecule has 13 nitrogen and oxygen atoms in total. The van der Waals surface area contributed by atoms with Crippen molar-refractivity contribution in [3.05, 3.63) is 46.4 Å². The number of imidazole rings is 1. The number of benzene rings is 1. The van der Waals surface area contributed by atoms with Crippen molar-refractivity contribution in [3.8, 4) is 0 Å². The lowest BCUT2D eigenvalue weighted by Crippen LogP contribution is -2.46. The van der Waals surface area contributed by atoms with E-state index in [0.29, 0.717) is 6.42 Å². The van der Waals surface area contributed by atoms with Crippen LogP contribution in [0.5, 0.6) is 0 Å². The Morgan fingerprint density at radius 3 is 2.47 bits per heavy atom. The number of carbonyl (C=O) groups is 2. The van der Waals surface area contributed by atoms with Gasteiger partial charge >= 0.3 is 17.7 Å². The standard InChI is InChI=1S/C22H29N7O6S/c1-5-12-36(33,34)26-20-24-17(23)16-18(25-20)28(13-15-10-8-7-9-11-15)22(32)29(16)21(31)27(4)14(3)19(30)35-6-2/h7-11,14H,5-6,12-13H2,1-4H3,(H3,23,24,25,26)/t14-/m0/s1. The van der Waals surface area contributed by atoms with Crippen LogP contribution in [0.15, 0.2) is 35.1 Å². The Labute approximate surface area is 207 Å². The molecule has 2 heterocycles. The van der Waals surface area contributed by atoms with Crippen LogP contribution in [0.4, 0.5) is 16.6 Å². The predicted octanol–water partition coefficient (Wildman–Crippen LogP) is 1.23. The van der Waals surface area contributed by atoms with Crippen molar-refractivity contribution in [3.63, 3.8) is 0 Å². The predicted molar refractivity (Wildman–Crippen MR) is 134 cm³/mol. The van der Waals surface area contributed by atoms with E-state index in [2.05, 4.69) is 14.7 Å². The summed E-state index contributed by atoms with van der Waals surface area (Å²) in [4.78, 5) is 48.3. The van der Waals surface area contributed by atoms with E-state index in [0.717, 1.165) is 15.0 Å². The van der Waals surface area contributed by atoms with Gasteiger partial charge in [-0.05, 0) is 25.8 Å². The summed E-state index contributed by atoms with van der Waals surface area (Å²) in [6, 6.07) is 7.08. The molecule has 0 aliphatic carbocycles. The van der Waals surface area contributed by atoms with Crippen LogP contribution in [0.3, 0.4) is 0 Å². The Kier molecular flexibility index (Phi) is 7.97. The lowest BCUT2D eigenvalue weighted by atomic mass is 10.2. The van der Waals surface area contributed by atoms with Gasteiger partial charge in [0.25, 0.3) is 0 Å². The molecule has 2 aromatic heterocycles. The van der Waals surface area contributed by atoms with Gasteiger partial charge in [-0.3, -0.25) is 9.29 Å². The molecular weight excluding hydrogens is 490 g/mol. The molecule has 1 atom stereocenters. The normalized spacial score (nSPS) is 12.3. The first-order valence-corrected chi connectivity index (χ1v) is 12.9. The number of nitrogen functional groups attached to an aromatic ring is 1. The Balaban J connectivity index is 2.20. The minimum atomic E-state index is -3.75. The number of nitrogens with one attached hydrogen (secondary N) is 1. The van der Waals surface area contributed by atoms with Gasteiger partial charge in [0.05, 0.1) is 18.9 Å². The molecule has 3 rings (SSSR count). The Morgan fingerprint density at radius 1 is 1.19 bits per heavy atom. The van der Waals surface area contributed by atoms with E-state index in [9.17, 15) is 22.8 Å². The van der Waals surface area contributed by atoms with Crippen molar-refractivity contribution in [2.75, 3.05) is 29.9 Å². The van der Waals surface area contributed by atoms with Crippen LogP contribution in [0.1, 0.15) is 32.8 Å². The highest BCUT2D eigenvalue weighted by Crippen LogP contribution is 2.22. The molecule has 0 radical (unpaired) electrons. The third kappa shape index (κ3) is 5.48. The number of carbonyl (C=O) groups excluding carboxylic acids is 2. The van der Waals surface area contributed by atoms with Gasteiger partial charge in [-0.2, -0.15) is 9.97 Å².